The van der Waals surface area contributed by atoms with Crippen LogP contribution in [0.5, 0.6) is 11.5 Å². The number of hydrogen-bond acceptors (Lipinski definition) is 4. The number of nitrogens with one attached hydrogen (secondary N) is 1. The molecule has 2 heterocycles. The minimum Gasteiger partial charge on any atom is -0.493 e. The molecule has 1 atom stereocenters. The maximum atomic E-state index is 12.3. The number of aryl methyl sites for hydroxylation is 1. The fraction of sp³-hybridized carbons (Fsp3) is 0.333. The van der Waals surface area contributed by atoms with Gasteiger partial charge in [0.05, 0.1) is 20.3 Å². The number of nitrogens with zero attached hydrogens (tertiary/aromatic N) is 2. The largest absolute Gasteiger partial charge is 0.493 e. The highest BCUT2D eigenvalue weighted by molar-refractivity contribution is 5.98. The summed E-state index contributed by atoms with van der Waals surface area (Å²) in [6.07, 6.45) is 0. The van der Waals surface area contributed by atoms with Crippen molar-refractivity contribution in [3.05, 3.63) is 40.7 Å². The summed E-state index contributed by atoms with van der Waals surface area (Å²) in [6, 6.07) is 5.53. The van der Waals surface area contributed by atoms with Gasteiger partial charge in [-0.2, -0.15) is 5.10 Å². The smallest absolute Gasteiger partial charge is 0.275 e. The highest BCUT2D eigenvalue weighted by Gasteiger charge is 2.39. The van der Waals surface area contributed by atoms with Gasteiger partial charge in [-0.05, 0) is 24.6 Å². The second kappa shape index (κ2) is 4.80. The zero-order valence-electron chi connectivity index (χ0n) is 12.4. The molecular weight excluding hydrogens is 270 g/mol. The van der Waals surface area contributed by atoms with Crippen molar-refractivity contribution in [2.24, 2.45) is 0 Å². The summed E-state index contributed by atoms with van der Waals surface area (Å²) in [5.41, 5.74) is 3.29. The van der Waals surface area contributed by atoms with Crippen LogP contribution in [0.4, 0.5) is 0 Å². The van der Waals surface area contributed by atoms with Gasteiger partial charge in [0.25, 0.3) is 5.91 Å². The lowest BCUT2D eigenvalue weighted by Gasteiger charge is -2.22. The monoisotopic (exact) mass is 287 g/mol. The van der Waals surface area contributed by atoms with Crippen molar-refractivity contribution in [2.75, 3.05) is 21.3 Å². The highest BCUT2D eigenvalue weighted by Crippen LogP contribution is 2.40. The lowest BCUT2D eigenvalue weighted by molar-refractivity contribution is 0.0787. The van der Waals surface area contributed by atoms with Crippen LogP contribution in [0.3, 0.4) is 0 Å². The normalized spacial score (nSPS) is 17.0. The van der Waals surface area contributed by atoms with Crippen LogP contribution >= 0.6 is 0 Å². The number of amides is 1. The zero-order valence-corrected chi connectivity index (χ0v) is 12.4. The van der Waals surface area contributed by atoms with Crippen LogP contribution in [-0.2, 0) is 0 Å². The third-order valence-electron chi connectivity index (χ3n) is 3.90. The van der Waals surface area contributed by atoms with Crippen molar-refractivity contribution >= 4 is 5.91 Å². The van der Waals surface area contributed by atoms with Crippen LogP contribution in [-0.4, -0.2) is 42.3 Å². The number of fused-ring (bicyclic) bond motifs is 1. The fourth-order valence-electron chi connectivity index (χ4n) is 2.83. The second-order valence-corrected chi connectivity index (χ2v) is 5.04. The van der Waals surface area contributed by atoms with Crippen LogP contribution in [0.25, 0.3) is 0 Å². The van der Waals surface area contributed by atoms with Crippen molar-refractivity contribution < 1.29 is 14.3 Å². The average molecular weight is 287 g/mol. The Bertz CT molecular complexity index is 708. The molecule has 0 bridgehead atoms. The van der Waals surface area contributed by atoms with Crippen LogP contribution in [0, 0.1) is 6.92 Å². The summed E-state index contributed by atoms with van der Waals surface area (Å²) in [5.74, 6) is 1.23. The van der Waals surface area contributed by atoms with Gasteiger partial charge in [0.15, 0.2) is 17.2 Å². The van der Waals surface area contributed by atoms with Gasteiger partial charge in [-0.3, -0.25) is 9.89 Å². The van der Waals surface area contributed by atoms with Crippen LogP contribution in [0.15, 0.2) is 18.2 Å². The summed E-state index contributed by atoms with van der Waals surface area (Å²) in [7, 11) is 4.98. The number of H-pyrrole nitrogens is 1. The van der Waals surface area contributed by atoms with Crippen molar-refractivity contribution in [2.45, 2.75) is 13.0 Å². The SMILES string of the molecule is COc1ccc(C2c3c(n[nH]c3C)C(=O)N2C)cc1OC. The maximum Gasteiger partial charge on any atom is 0.275 e. The number of carbonyl (C=O) groups is 1. The van der Waals surface area contributed by atoms with Gasteiger partial charge in [0.1, 0.15) is 0 Å². The molecule has 110 valence electrons. The highest BCUT2D eigenvalue weighted by atomic mass is 16.5. The quantitative estimate of drug-likeness (QED) is 0.936. The predicted molar refractivity (Wildman–Crippen MR) is 76.8 cm³/mol. The van der Waals surface area contributed by atoms with E-state index in [0.717, 1.165) is 16.8 Å². The van der Waals surface area contributed by atoms with E-state index < -0.39 is 0 Å². The molecule has 0 saturated heterocycles. The van der Waals surface area contributed by atoms with Gasteiger partial charge in [-0.15, -0.1) is 0 Å². The lowest BCUT2D eigenvalue weighted by atomic mass is 9.99. The molecule has 0 spiro atoms. The number of ether oxygens (including phenoxy) is 2. The first kappa shape index (κ1) is 13.5. The van der Waals surface area contributed by atoms with Crippen molar-refractivity contribution in [3.63, 3.8) is 0 Å². The Morgan fingerprint density at radius 2 is 1.95 bits per heavy atom. The Morgan fingerprint density at radius 1 is 1.24 bits per heavy atom. The molecule has 0 aliphatic carbocycles. The molecule has 0 saturated carbocycles. The molecular formula is C15H17N3O3. The number of aromatic amines is 1. The van der Waals surface area contributed by atoms with Gasteiger partial charge in [-0.25, -0.2) is 0 Å². The van der Waals surface area contributed by atoms with E-state index in [9.17, 15) is 4.79 Å². The van der Waals surface area contributed by atoms with Crippen molar-refractivity contribution in [3.8, 4) is 11.5 Å². The van der Waals surface area contributed by atoms with Crippen LogP contribution < -0.4 is 9.47 Å². The van der Waals surface area contributed by atoms with Gasteiger partial charge in [0, 0.05) is 18.3 Å². The van der Waals surface area contributed by atoms with Crippen molar-refractivity contribution in [1.82, 2.24) is 15.1 Å². The molecule has 1 aliphatic rings. The average Bonchev–Trinajstić information content (AvgIpc) is 2.99. The molecule has 1 N–H and O–H groups in total. The Balaban J connectivity index is 2.12. The Hall–Kier alpha value is -2.50. The topological polar surface area (TPSA) is 67.5 Å². The summed E-state index contributed by atoms with van der Waals surface area (Å²) in [6.45, 7) is 1.92. The number of benzene rings is 1. The number of rotatable bonds is 3. The molecule has 6 heteroatoms. The lowest BCUT2D eigenvalue weighted by Crippen LogP contribution is -2.24. The van der Waals surface area contributed by atoms with Gasteiger partial charge in [-0.1, -0.05) is 6.07 Å². The molecule has 21 heavy (non-hydrogen) atoms. The third-order valence-corrected chi connectivity index (χ3v) is 3.90. The standard InChI is InChI=1S/C15H17N3O3/c1-8-12-13(17-16-8)15(19)18(2)14(12)9-5-6-10(20-3)11(7-9)21-4/h5-7,14H,1-4H3,(H,16,17). The first-order chi connectivity index (χ1) is 10.1. The fourth-order valence-corrected chi connectivity index (χ4v) is 2.83. The second-order valence-electron chi connectivity index (χ2n) is 5.04. The molecule has 1 unspecified atom stereocenters. The molecule has 0 fully saturated rings. The number of methoxy groups -OCH3 is 2. The van der Waals surface area contributed by atoms with Crippen LogP contribution in [0.2, 0.25) is 0 Å². The molecule has 1 amide bonds. The summed E-state index contributed by atoms with van der Waals surface area (Å²) in [5, 5.41) is 7.00. The summed E-state index contributed by atoms with van der Waals surface area (Å²) >= 11 is 0. The molecule has 3 rings (SSSR count). The van der Waals surface area contributed by atoms with E-state index in [2.05, 4.69) is 10.2 Å². The summed E-state index contributed by atoms with van der Waals surface area (Å²) < 4.78 is 10.6. The zero-order chi connectivity index (χ0) is 15.1. The Kier molecular flexibility index (Phi) is 3.08. The number of hydrogen-bond donors (Lipinski definition) is 1. The predicted octanol–water partition coefficient (Wildman–Crippen LogP) is 1.91. The minimum atomic E-state index is -0.161. The third kappa shape index (κ3) is 1.86. The van der Waals surface area contributed by atoms with Crippen molar-refractivity contribution in [1.29, 1.82) is 0 Å². The first-order valence-corrected chi connectivity index (χ1v) is 6.62. The van der Waals surface area contributed by atoms with Gasteiger partial charge in [0.2, 0.25) is 0 Å². The first-order valence-electron chi connectivity index (χ1n) is 6.62. The Labute approximate surface area is 122 Å². The number of aromatic nitrogens is 2. The molecule has 1 aromatic heterocycles. The molecule has 2 aromatic rings. The van der Waals surface area contributed by atoms with Gasteiger partial charge < -0.3 is 14.4 Å². The van der Waals surface area contributed by atoms with E-state index in [1.165, 1.54) is 0 Å². The van der Waals surface area contributed by atoms with E-state index in [-0.39, 0.29) is 11.9 Å². The maximum absolute atomic E-state index is 12.3. The molecule has 1 aliphatic heterocycles. The van der Waals surface area contributed by atoms with E-state index in [1.54, 1.807) is 26.2 Å². The molecule has 1 aromatic carbocycles. The van der Waals surface area contributed by atoms with E-state index in [0.29, 0.717) is 17.2 Å². The van der Waals surface area contributed by atoms with Gasteiger partial charge >= 0.3 is 0 Å². The van der Waals surface area contributed by atoms with E-state index in [4.69, 9.17) is 9.47 Å². The summed E-state index contributed by atoms with van der Waals surface area (Å²) in [4.78, 5) is 14.0. The Morgan fingerprint density at radius 3 is 2.62 bits per heavy atom. The van der Waals surface area contributed by atoms with E-state index in [1.807, 2.05) is 25.1 Å². The minimum absolute atomic E-state index is 0.0749. The van der Waals surface area contributed by atoms with Crippen LogP contribution in [0.1, 0.15) is 33.4 Å². The molecule has 0 radical (unpaired) electrons. The molecule has 6 nitrogen and oxygen atoms in total. The number of carbonyl (C=O) groups excluding carboxylic acids is 1. The van der Waals surface area contributed by atoms with E-state index >= 15 is 0 Å².